The number of para-hydroxylation sites is 1. The van der Waals surface area contributed by atoms with Gasteiger partial charge in [0.25, 0.3) is 0 Å². The normalized spacial score (nSPS) is 11.6. The number of hydrogen-bond acceptors (Lipinski definition) is 4. The fraction of sp³-hybridized carbons (Fsp3) is 0.208. The van der Waals surface area contributed by atoms with Crippen molar-refractivity contribution in [3.63, 3.8) is 0 Å². The van der Waals surface area contributed by atoms with Gasteiger partial charge in [-0.05, 0) is 36.2 Å². The molecule has 1 unspecified atom stereocenters. The second-order valence-corrected chi connectivity index (χ2v) is 6.73. The molecule has 0 bridgehead atoms. The van der Waals surface area contributed by atoms with E-state index in [-0.39, 0.29) is 5.91 Å². The van der Waals surface area contributed by atoms with E-state index in [2.05, 4.69) is 10.6 Å². The first-order valence-electron chi connectivity index (χ1n) is 9.48. The number of carbonyl (C=O) groups excluding carboxylic acids is 1. The molecule has 0 fully saturated rings. The van der Waals surface area contributed by atoms with Crippen LogP contribution in [-0.2, 0) is 11.3 Å². The van der Waals surface area contributed by atoms with Gasteiger partial charge in [-0.25, -0.2) is 0 Å². The second kappa shape index (κ2) is 9.75. The molecule has 0 aliphatic rings. The Labute approximate surface area is 171 Å². The molecular formula is C24H26N2O3. The first-order valence-corrected chi connectivity index (χ1v) is 9.48. The number of hydrogen-bond donors (Lipinski definition) is 2. The highest BCUT2D eigenvalue weighted by molar-refractivity contribution is 5.96. The van der Waals surface area contributed by atoms with Crippen molar-refractivity contribution < 1.29 is 14.3 Å². The van der Waals surface area contributed by atoms with E-state index < -0.39 is 6.04 Å². The summed E-state index contributed by atoms with van der Waals surface area (Å²) in [5.41, 5.74) is 3.56. The van der Waals surface area contributed by atoms with Crippen molar-refractivity contribution >= 4 is 11.6 Å². The van der Waals surface area contributed by atoms with Crippen molar-refractivity contribution in [1.82, 2.24) is 5.32 Å². The second-order valence-electron chi connectivity index (χ2n) is 6.73. The van der Waals surface area contributed by atoms with E-state index >= 15 is 0 Å². The molecule has 0 aliphatic carbocycles. The van der Waals surface area contributed by atoms with Crippen LogP contribution in [0.25, 0.3) is 0 Å². The van der Waals surface area contributed by atoms with Gasteiger partial charge in [0.05, 0.1) is 19.9 Å². The van der Waals surface area contributed by atoms with Crippen LogP contribution in [-0.4, -0.2) is 20.1 Å². The number of ether oxygens (including phenoxy) is 2. The van der Waals surface area contributed by atoms with Crippen molar-refractivity contribution in [3.8, 4) is 11.5 Å². The Morgan fingerprint density at radius 3 is 2.31 bits per heavy atom. The average Bonchev–Trinajstić information content (AvgIpc) is 2.75. The maximum Gasteiger partial charge on any atom is 0.246 e. The zero-order valence-electron chi connectivity index (χ0n) is 16.9. The molecule has 0 heterocycles. The highest BCUT2D eigenvalue weighted by Crippen LogP contribution is 2.27. The highest BCUT2D eigenvalue weighted by Gasteiger charge is 2.22. The van der Waals surface area contributed by atoms with E-state index in [1.165, 1.54) is 0 Å². The fourth-order valence-electron chi connectivity index (χ4n) is 3.19. The van der Waals surface area contributed by atoms with E-state index in [1.807, 2.05) is 79.7 Å². The lowest BCUT2D eigenvalue weighted by Gasteiger charge is -2.21. The predicted octanol–water partition coefficient (Wildman–Crippen LogP) is 4.48. The molecule has 29 heavy (non-hydrogen) atoms. The SMILES string of the molecule is COc1ccccc1CNC(C(=O)Nc1cc(C)ccc1OC)c1ccccc1. The minimum Gasteiger partial charge on any atom is -0.496 e. The molecule has 0 spiro atoms. The van der Waals surface area contributed by atoms with E-state index in [4.69, 9.17) is 9.47 Å². The van der Waals surface area contributed by atoms with Crippen LogP contribution in [0.5, 0.6) is 11.5 Å². The first-order chi connectivity index (χ1) is 14.1. The van der Waals surface area contributed by atoms with E-state index in [1.54, 1.807) is 14.2 Å². The van der Waals surface area contributed by atoms with Crippen molar-refractivity contribution in [2.24, 2.45) is 0 Å². The molecule has 0 saturated carbocycles. The number of methoxy groups -OCH3 is 2. The van der Waals surface area contributed by atoms with Gasteiger partial charge in [-0.3, -0.25) is 10.1 Å². The van der Waals surface area contributed by atoms with E-state index in [9.17, 15) is 4.79 Å². The lowest BCUT2D eigenvalue weighted by atomic mass is 10.0. The standard InChI is InChI=1S/C24H26N2O3/c1-17-13-14-22(29-3)20(15-17)26-24(27)23(18-9-5-4-6-10-18)25-16-19-11-7-8-12-21(19)28-2/h4-15,23,25H,16H2,1-3H3,(H,26,27). The van der Waals surface area contributed by atoms with Gasteiger partial charge in [0.2, 0.25) is 5.91 Å². The summed E-state index contributed by atoms with van der Waals surface area (Å²) in [6.45, 7) is 2.46. The number of anilines is 1. The molecule has 3 aromatic carbocycles. The Bertz CT molecular complexity index is 957. The molecule has 0 radical (unpaired) electrons. The largest absolute Gasteiger partial charge is 0.496 e. The molecule has 150 valence electrons. The van der Waals surface area contributed by atoms with Gasteiger partial charge >= 0.3 is 0 Å². The van der Waals surface area contributed by atoms with Crippen LogP contribution in [0.15, 0.2) is 72.8 Å². The molecule has 3 aromatic rings. The van der Waals surface area contributed by atoms with E-state index in [0.717, 1.165) is 22.4 Å². The maximum atomic E-state index is 13.2. The zero-order valence-corrected chi connectivity index (χ0v) is 16.9. The molecule has 3 rings (SSSR count). The molecule has 0 saturated heterocycles. The number of rotatable bonds is 8. The summed E-state index contributed by atoms with van der Waals surface area (Å²) in [5.74, 6) is 1.25. The smallest absolute Gasteiger partial charge is 0.246 e. The molecule has 1 atom stereocenters. The van der Waals surface area contributed by atoms with Crippen LogP contribution in [0.2, 0.25) is 0 Å². The van der Waals surface area contributed by atoms with Crippen LogP contribution in [0.3, 0.4) is 0 Å². The van der Waals surface area contributed by atoms with Crippen LogP contribution < -0.4 is 20.1 Å². The summed E-state index contributed by atoms with van der Waals surface area (Å²) in [5, 5.41) is 6.37. The third-order valence-corrected chi connectivity index (χ3v) is 4.70. The minimum atomic E-state index is -0.536. The number of benzene rings is 3. The zero-order chi connectivity index (χ0) is 20.6. The van der Waals surface area contributed by atoms with Crippen molar-refractivity contribution in [1.29, 1.82) is 0 Å². The maximum absolute atomic E-state index is 13.2. The third-order valence-electron chi connectivity index (χ3n) is 4.70. The first kappa shape index (κ1) is 20.4. The average molecular weight is 390 g/mol. The van der Waals surface area contributed by atoms with Gasteiger partial charge in [-0.2, -0.15) is 0 Å². The quantitative estimate of drug-likeness (QED) is 0.595. The minimum absolute atomic E-state index is 0.157. The monoisotopic (exact) mass is 390 g/mol. The van der Waals surface area contributed by atoms with Crippen LogP contribution >= 0.6 is 0 Å². The fourth-order valence-corrected chi connectivity index (χ4v) is 3.19. The number of aryl methyl sites for hydroxylation is 1. The molecular weight excluding hydrogens is 364 g/mol. The van der Waals surface area contributed by atoms with Crippen LogP contribution in [0, 0.1) is 6.92 Å². The highest BCUT2D eigenvalue weighted by atomic mass is 16.5. The molecule has 5 nitrogen and oxygen atoms in total. The Morgan fingerprint density at radius 1 is 0.897 bits per heavy atom. The molecule has 1 amide bonds. The Kier molecular flexibility index (Phi) is 6.87. The molecule has 5 heteroatoms. The van der Waals surface area contributed by atoms with Gasteiger partial charge in [0.1, 0.15) is 17.5 Å². The van der Waals surface area contributed by atoms with Gasteiger partial charge in [-0.1, -0.05) is 54.6 Å². The Hall–Kier alpha value is -3.31. The Morgan fingerprint density at radius 2 is 1.59 bits per heavy atom. The number of nitrogens with one attached hydrogen (secondary N) is 2. The van der Waals surface area contributed by atoms with Gasteiger partial charge in [0, 0.05) is 12.1 Å². The summed E-state index contributed by atoms with van der Waals surface area (Å²) in [7, 11) is 3.24. The van der Waals surface area contributed by atoms with Crippen LogP contribution in [0.1, 0.15) is 22.7 Å². The topological polar surface area (TPSA) is 59.6 Å². The summed E-state index contributed by atoms with van der Waals surface area (Å²) in [6, 6.07) is 22.6. The lowest BCUT2D eigenvalue weighted by Crippen LogP contribution is -2.33. The summed E-state index contributed by atoms with van der Waals surface area (Å²) >= 11 is 0. The lowest BCUT2D eigenvalue weighted by molar-refractivity contribution is -0.118. The number of carbonyl (C=O) groups is 1. The summed E-state index contributed by atoms with van der Waals surface area (Å²) in [4.78, 5) is 13.2. The third kappa shape index (κ3) is 5.15. The molecule has 2 N–H and O–H groups in total. The van der Waals surface area contributed by atoms with E-state index in [0.29, 0.717) is 18.0 Å². The Balaban J connectivity index is 1.84. The van der Waals surface area contributed by atoms with Crippen molar-refractivity contribution in [2.45, 2.75) is 19.5 Å². The van der Waals surface area contributed by atoms with Gasteiger partial charge in [0.15, 0.2) is 0 Å². The number of amides is 1. The summed E-state index contributed by atoms with van der Waals surface area (Å²) in [6.07, 6.45) is 0. The van der Waals surface area contributed by atoms with Crippen LogP contribution in [0.4, 0.5) is 5.69 Å². The molecule has 0 aromatic heterocycles. The van der Waals surface area contributed by atoms with Crippen molar-refractivity contribution in [3.05, 3.63) is 89.5 Å². The van der Waals surface area contributed by atoms with Gasteiger partial charge in [-0.15, -0.1) is 0 Å². The predicted molar refractivity (Wildman–Crippen MR) is 115 cm³/mol. The van der Waals surface area contributed by atoms with Crippen molar-refractivity contribution in [2.75, 3.05) is 19.5 Å². The van der Waals surface area contributed by atoms with Gasteiger partial charge < -0.3 is 14.8 Å². The molecule has 0 aliphatic heterocycles. The summed E-state index contributed by atoms with van der Waals surface area (Å²) < 4.78 is 10.8.